The molecular formula is C14H24O4. The molecule has 104 valence electrons. The summed E-state index contributed by atoms with van der Waals surface area (Å²) in [5.41, 5.74) is 0. The Kier molecular flexibility index (Phi) is 6.33. The van der Waals surface area contributed by atoms with E-state index >= 15 is 0 Å². The van der Waals surface area contributed by atoms with E-state index < -0.39 is 0 Å². The van der Waals surface area contributed by atoms with Gasteiger partial charge in [-0.1, -0.05) is 6.92 Å². The number of hydrogen-bond donors (Lipinski definition) is 0. The van der Waals surface area contributed by atoms with Crippen molar-refractivity contribution in [3.63, 3.8) is 0 Å². The summed E-state index contributed by atoms with van der Waals surface area (Å²) in [7, 11) is 0. The Bertz CT molecular complexity index is 277. The van der Waals surface area contributed by atoms with Crippen LogP contribution in [0.5, 0.6) is 0 Å². The third-order valence-corrected chi connectivity index (χ3v) is 3.59. The summed E-state index contributed by atoms with van der Waals surface area (Å²) in [6, 6.07) is 0. The monoisotopic (exact) mass is 256 g/mol. The van der Waals surface area contributed by atoms with E-state index in [0.717, 1.165) is 25.5 Å². The van der Waals surface area contributed by atoms with Gasteiger partial charge in [0.25, 0.3) is 0 Å². The van der Waals surface area contributed by atoms with E-state index in [4.69, 9.17) is 9.47 Å². The van der Waals surface area contributed by atoms with E-state index in [9.17, 15) is 9.59 Å². The van der Waals surface area contributed by atoms with Gasteiger partial charge in [0, 0.05) is 6.42 Å². The van der Waals surface area contributed by atoms with Crippen molar-refractivity contribution in [2.24, 2.45) is 11.8 Å². The van der Waals surface area contributed by atoms with Crippen molar-refractivity contribution >= 4 is 12.3 Å². The van der Waals surface area contributed by atoms with Gasteiger partial charge in [0.15, 0.2) is 0 Å². The van der Waals surface area contributed by atoms with Gasteiger partial charge in [0.2, 0.25) is 0 Å². The summed E-state index contributed by atoms with van der Waals surface area (Å²) in [5, 5.41) is 0. The number of carbonyl (C=O) groups excluding carboxylic acids is 2. The topological polar surface area (TPSA) is 52.6 Å². The van der Waals surface area contributed by atoms with Gasteiger partial charge >= 0.3 is 5.97 Å². The van der Waals surface area contributed by atoms with Gasteiger partial charge in [-0.25, -0.2) is 0 Å². The number of aldehydes is 1. The van der Waals surface area contributed by atoms with Gasteiger partial charge < -0.3 is 14.3 Å². The summed E-state index contributed by atoms with van der Waals surface area (Å²) >= 11 is 0. The highest BCUT2D eigenvalue weighted by Gasteiger charge is 2.35. The smallest absolute Gasteiger partial charge is 0.309 e. The molecule has 0 aromatic heterocycles. The van der Waals surface area contributed by atoms with E-state index in [1.165, 1.54) is 0 Å². The molecule has 1 aliphatic heterocycles. The molecule has 0 bridgehead atoms. The molecule has 1 heterocycles. The Labute approximate surface area is 109 Å². The molecule has 18 heavy (non-hydrogen) atoms. The molecule has 0 aliphatic carbocycles. The molecule has 0 saturated carbocycles. The predicted octanol–water partition coefficient (Wildman–Crippen LogP) is 2.35. The summed E-state index contributed by atoms with van der Waals surface area (Å²) in [6.45, 7) is 6.26. The van der Waals surface area contributed by atoms with Crippen molar-refractivity contribution in [1.82, 2.24) is 0 Å². The minimum absolute atomic E-state index is 0.150. The second kappa shape index (κ2) is 7.52. The molecule has 1 rings (SSSR count). The second-order valence-electron chi connectivity index (χ2n) is 4.97. The minimum Gasteiger partial charge on any atom is -0.466 e. The maximum Gasteiger partial charge on any atom is 0.309 e. The minimum atomic E-state index is -0.303. The van der Waals surface area contributed by atoms with Crippen LogP contribution in [0.4, 0.5) is 0 Å². The van der Waals surface area contributed by atoms with Gasteiger partial charge in [0.05, 0.1) is 24.7 Å². The molecule has 1 aliphatic rings. The normalized spacial score (nSPS) is 29.6. The van der Waals surface area contributed by atoms with Crippen LogP contribution in [0.3, 0.4) is 0 Å². The van der Waals surface area contributed by atoms with E-state index in [1.54, 1.807) is 6.92 Å². The van der Waals surface area contributed by atoms with E-state index in [-0.39, 0.29) is 36.4 Å². The Hall–Kier alpha value is -0.900. The lowest BCUT2D eigenvalue weighted by Gasteiger charge is -2.36. The first-order chi connectivity index (χ1) is 8.62. The molecule has 0 radical (unpaired) electrons. The third-order valence-electron chi connectivity index (χ3n) is 3.59. The molecule has 0 amide bonds. The fourth-order valence-corrected chi connectivity index (χ4v) is 2.73. The lowest BCUT2D eigenvalue weighted by molar-refractivity contribution is -0.155. The lowest BCUT2D eigenvalue weighted by atomic mass is 9.79. The van der Waals surface area contributed by atoms with Crippen molar-refractivity contribution in [3.05, 3.63) is 0 Å². The average Bonchev–Trinajstić information content (AvgIpc) is 2.35. The third kappa shape index (κ3) is 4.09. The Morgan fingerprint density at radius 3 is 2.72 bits per heavy atom. The van der Waals surface area contributed by atoms with Crippen LogP contribution in [-0.4, -0.2) is 31.1 Å². The molecule has 0 aromatic rings. The molecule has 0 aromatic carbocycles. The molecule has 1 fully saturated rings. The Balaban J connectivity index is 2.71. The first-order valence-electron chi connectivity index (χ1n) is 6.88. The highest BCUT2D eigenvalue weighted by Crippen LogP contribution is 2.33. The molecular weight excluding hydrogens is 232 g/mol. The molecule has 4 atom stereocenters. The maximum atomic E-state index is 11.9. The fourth-order valence-electron chi connectivity index (χ4n) is 2.73. The van der Waals surface area contributed by atoms with Crippen molar-refractivity contribution in [2.75, 3.05) is 6.61 Å². The zero-order valence-electron chi connectivity index (χ0n) is 11.6. The quantitative estimate of drug-likeness (QED) is 0.540. The van der Waals surface area contributed by atoms with Crippen LogP contribution in [0, 0.1) is 11.8 Å². The van der Waals surface area contributed by atoms with Crippen LogP contribution in [0.2, 0.25) is 0 Å². The summed E-state index contributed by atoms with van der Waals surface area (Å²) in [6.07, 6.45) is 4.04. The molecule has 1 saturated heterocycles. The van der Waals surface area contributed by atoms with Crippen LogP contribution in [0.1, 0.15) is 46.5 Å². The fraction of sp³-hybridized carbons (Fsp3) is 0.857. The number of esters is 1. The molecule has 0 N–H and O–H groups in total. The van der Waals surface area contributed by atoms with Crippen molar-refractivity contribution in [2.45, 2.75) is 58.7 Å². The van der Waals surface area contributed by atoms with Gasteiger partial charge in [-0.05, 0) is 39.0 Å². The SMILES string of the molecule is CCOC(=O)C(CC=O)C1C[C@@H](CC)O[C@H](C)C1. The largest absolute Gasteiger partial charge is 0.466 e. The Morgan fingerprint density at radius 1 is 1.44 bits per heavy atom. The molecule has 4 nitrogen and oxygen atoms in total. The second-order valence-corrected chi connectivity index (χ2v) is 4.97. The predicted molar refractivity (Wildman–Crippen MR) is 68.2 cm³/mol. The van der Waals surface area contributed by atoms with Gasteiger partial charge in [-0.2, -0.15) is 0 Å². The van der Waals surface area contributed by atoms with E-state index in [2.05, 4.69) is 6.92 Å². The van der Waals surface area contributed by atoms with Crippen LogP contribution < -0.4 is 0 Å². The standard InChI is InChI=1S/C14H24O4/c1-4-12-9-11(8-10(3)18-12)13(6-7-15)14(16)17-5-2/h7,10-13H,4-6,8-9H2,1-3H3/t10-,11?,12-,13?/m1/s1. The summed E-state index contributed by atoms with van der Waals surface area (Å²) < 4.78 is 10.9. The van der Waals surface area contributed by atoms with Gasteiger partial charge in [-0.15, -0.1) is 0 Å². The summed E-state index contributed by atoms with van der Waals surface area (Å²) in [4.78, 5) is 22.7. The zero-order chi connectivity index (χ0) is 13.5. The van der Waals surface area contributed by atoms with Crippen LogP contribution >= 0.6 is 0 Å². The van der Waals surface area contributed by atoms with Crippen molar-refractivity contribution < 1.29 is 19.1 Å². The number of carbonyl (C=O) groups is 2. The van der Waals surface area contributed by atoms with Crippen molar-refractivity contribution in [3.8, 4) is 0 Å². The van der Waals surface area contributed by atoms with Crippen LogP contribution in [-0.2, 0) is 19.1 Å². The Morgan fingerprint density at radius 2 is 2.17 bits per heavy atom. The highest BCUT2D eigenvalue weighted by molar-refractivity contribution is 5.75. The number of ether oxygens (including phenoxy) is 2. The first-order valence-corrected chi connectivity index (χ1v) is 6.88. The molecule has 4 heteroatoms. The van der Waals surface area contributed by atoms with Gasteiger partial charge in [-0.3, -0.25) is 4.79 Å². The average molecular weight is 256 g/mol. The molecule has 0 spiro atoms. The highest BCUT2D eigenvalue weighted by atomic mass is 16.5. The summed E-state index contributed by atoms with van der Waals surface area (Å²) in [5.74, 6) is -0.343. The van der Waals surface area contributed by atoms with Gasteiger partial charge in [0.1, 0.15) is 6.29 Å². The maximum absolute atomic E-state index is 11.9. The van der Waals surface area contributed by atoms with Crippen LogP contribution in [0.15, 0.2) is 0 Å². The molecule has 2 unspecified atom stereocenters. The van der Waals surface area contributed by atoms with E-state index in [1.807, 2.05) is 6.92 Å². The van der Waals surface area contributed by atoms with E-state index in [0.29, 0.717) is 6.61 Å². The number of rotatable bonds is 6. The van der Waals surface area contributed by atoms with Crippen LogP contribution in [0.25, 0.3) is 0 Å². The van der Waals surface area contributed by atoms with Crippen molar-refractivity contribution in [1.29, 1.82) is 0 Å². The number of hydrogen-bond acceptors (Lipinski definition) is 4. The first kappa shape index (κ1) is 15.2. The lowest BCUT2D eigenvalue weighted by Crippen LogP contribution is -2.37. The zero-order valence-corrected chi connectivity index (χ0v) is 11.6.